The number of hydrogen-bond donors (Lipinski definition) is 2. The lowest BCUT2D eigenvalue weighted by Gasteiger charge is -2.38. The number of ether oxygens (including phenoxy) is 1. The second-order valence-electron chi connectivity index (χ2n) is 11.0. The molecule has 3 saturated heterocycles. The van der Waals surface area contributed by atoms with Crippen LogP contribution in [0.1, 0.15) is 63.9 Å². The summed E-state index contributed by atoms with van der Waals surface area (Å²) in [6, 6.07) is 13.0. The summed E-state index contributed by atoms with van der Waals surface area (Å²) < 4.78 is 5.70. The molecule has 0 amide bonds. The van der Waals surface area contributed by atoms with Gasteiger partial charge in [-0.25, -0.2) is 0 Å². The van der Waals surface area contributed by atoms with Crippen molar-refractivity contribution in [3.05, 3.63) is 42.0 Å². The van der Waals surface area contributed by atoms with Gasteiger partial charge in [0.1, 0.15) is 11.6 Å². The minimum atomic E-state index is 0.00958. The van der Waals surface area contributed by atoms with Crippen LogP contribution in [0.15, 0.2) is 36.4 Å². The monoisotopic (exact) mass is 522 g/mol. The summed E-state index contributed by atoms with van der Waals surface area (Å²) in [5, 5.41) is 7.44. The molecule has 3 aliphatic rings. The number of thiocarbonyl (C=S) groups is 1. The van der Waals surface area contributed by atoms with Crippen LogP contribution in [0, 0.1) is 5.92 Å². The molecule has 8 heteroatoms. The standard InChI is InChI=1S/C29H42N6OS/c1-23-11-17-35(18-12-23)26-21-25(34-15-7-2-3-8-16-34)31-27(32-26)33-28(37)30-22-29(13-19-36-20-14-29)24-9-5-4-6-10-24/h4-6,9-10,21,23H,2-3,7-8,11-20,22H2,1H3,(H2,30,31,32,33,37). The number of nitrogens with one attached hydrogen (secondary N) is 2. The molecule has 0 unspecified atom stereocenters. The zero-order valence-electron chi connectivity index (χ0n) is 22.3. The summed E-state index contributed by atoms with van der Waals surface area (Å²) in [6.45, 7) is 8.84. The Labute approximate surface area is 227 Å². The van der Waals surface area contributed by atoms with E-state index in [9.17, 15) is 0 Å². The van der Waals surface area contributed by atoms with E-state index in [0.29, 0.717) is 11.1 Å². The van der Waals surface area contributed by atoms with Gasteiger partial charge in [-0.3, -0.25) is 0 Å². The van der Waals surface area contributed by atoms with Gasteiger partial charge in [-0.2, -0.15) is 9.97 Å². The minimum absolute atomic E-state index is 0.00958. The molecule has 37 heavy (non-hydrogen) atoms. The van der Waals surface area contributed by atoms with Crippen LogP contribution in [0.25, 0.3) is 0 Å². The van der Waals surface area contributed by atoms with Gasteiger partial charge < -0.3 is 25.2 Å². The Morgan fingerprint density at radius 1 is 0.946 bits per heavy atom. The largest absolute Gasteiger partial charge is 0.381 e. The van der Waals surface area contributed by atoms with Crippen LogP contribution < -0.4 is 20.4 Å². The maximum Gasteiger partial charge on any atom is 0.232 e. The third kappa shape index (κ3) is 6.71. The molecule has 1 aromatic heterocycles. The van der Waals surface area contributed by atoms with Gasteiger partial charge in [-0.15, -0.1) is 0 Å². The van der Waals surface area contributed by atoms with Crippen molar-refractivity contribution in [1.82, 2.24) is 15.3 Å². The fourth-order valence-corrected chi connectivity index (χ4v) is 6.02. The third-order valence-corrected chi connectivity index (χ3v) is 8.63. The van der Waals surface area contributed by atoms with Gasteiger partial charge in [-0.1, -0.05) is 50.1 Å². The molecule has 200 valence electrons. The lowest BCUT2D eigenvalue weighted by Crippen LogP contribution is -2.45. The Balaban J connectivity index is 1.32. The first-order valence-corrected chi connectivity index (χ1v) is 14.6. The maximum absolute atomic E-state index is 5.78. The first kappa shape index (κ1) is 26.2. The van der Waals surface area contributed by atoms with Crippen molar-refractivity contribution in [3.8, 4) is 0 Å². The van der Waals surface area contributed by atoms with Crippen LogP contribution in [0.3, 0.4) is 0 Å². The molecule has 1 aromatic carbocycles. The fraction of sp³-hybridized carbons (Fsp3) is 0.621. The number of piperidine rings is 1. The van der Waals surface area contributed by atoms with E-state index in [0.717, 1.165) is 76.3 Å². The highest BCUT2D eigenvalue weighted by Crippen LogP contribution is 2.34. The van der Waals surface area contributed by atoms with Gasteiger partial charge in [0, 0.05) is 57.4 Å². The van der Waals surface area contributed by atoms with Gasteiger partial charge in [0.05, 0.1) is 0 Å². The highest BCUT2D eigenvalue weighted by Gasteiger charge is 2.34. The first-order chi connectivity index (χ1) is 18.1. The average molecular weight is 523 g/mol. The second kappa shape index (κ2) is 12.4. The molecular weight excluding hydrogens is 480 g/mol. The van der Waals surface area contributed by atoms with Crippen molar-refractivity contribution < 1.29 is 4.74 Å². The molecule has 0 spiro atoms. The lowest BCUT2D eigenvalue weighted by atomic mass is 9.74. The van der Waals surface area contributed by atoms with E-state index < -0.39 is 0 Å². The van der Waals surface area contributed by atoms with E-state index in [1.165, 1.54) is 44.1 Å². The van der Waals surface area contributed by atoms with E-state index in [4.69, 9.17) is 26.9 Å². The Hall–Kier alpha value is -2.45. The summed E-state index contributed by atoms with van der Waals surface area (Å²) in [5.74, 6) is 3.39. The van der Waals surface area contributed by atoms with Crippen molar-refractivity contribution >= 4 is 34.9 Å². The van der Waals surface area contributed by atoms with Crippen molar-refractivity contribution in [3.63, 3.8) is 0 Å². The van der Waals surface area contributed by atoms with Gasteiger partial charge in [-0.05, 0) is 62.2 Å². The number of rotatable bonds is 6. The molecule has 2 N–H and O–H groups in total. The molecule has 3 aliphatic heterocycles. The third-order valence-electron chi connectivity index (χ3n) is 8.39. The topological polar surface area (TPSA) is 65.5 Å². The quantitative estimate of drug-likeness (QED) is 0.507. The number of benzene rings is 1. The second-order valence-corrected chi connectivity index (χ2v) is 11.5. The van der Waals surface area contributed by atoms with Gasteiger partial charge in [0.15, 0.2) is 5.11 Å². The van der Waals surface area contributed by atoms with E-state index in [2.05, 4.69) is 63.8 Å². The van der Waals surface area contributed by atoms with Crippen molar-refractivity contribution in [2.75, 3.05) is 61.1 Å². The van der Waals surface area contributed by atoms with Gasteiger partial charge in [0.2, 0.25) is 5.95 Å². The van der Waals surface area contributed by atoms with Crippen LogP contribution in [0.5, 0.6) is 0 Å². The highest BCUT2D eigenvalue weighted by molar-refractivity contribution is 7.80. The molecule has 7 nitrogen and oxygen atoms in total. The number of anilines is 3. The van der Waals surface area contributed by atoms with Crippen LogP contribution in [-0.2, 0) is 10.2 Å². The summed E-state index contributed by atoms with van der Waals surface area (Å²) in [4.78, 5) is 14.7. The van der Waals surface area contributed by atoms with Crippen molar-refractivity contribution in [2.24, 2.45) is 5.92 Å². The molecule has 0 aliphatic carbocycles. The SMILES string of the molecule is CC1CCN(c2cc(N3CCCCCC3)nc(NC(=S)NCC3(c4ccccc4)CCOCC3)n2)CC1. The first-order valence-electron chi connectivity index (χ1n) is 14.2. The summed E-state index contributed by atoms with van der Waals surface area (Å²) in [5.41, 5.74) is 1.35. The molecule has 0 saturated carbocycles. The predicted molar refractivity (Wildman–Crippen MR) is 156 cm³/mol. The summed E-state index contributed by atoms with van der Waals surface area (Å²) >= 11 is 5.78. The Bertz CT molecular complexity index is 1010. The number of hydrogen-bond acceptors (Lipinski definition) is 6. The Morgan fingerprint density at radius 3 is 2.22 bits per heavy atom. The molecule has 0 radical (unpaired) electrons. The zero-order chi connectivity index (χ0) is 25.5. The number of nitrogens with zero attached hydrogens (tertiary/aromatic N) is 4. The van der Waals surface area contributed by atoms with Crippen LogP contribution >= 0.6 is 12.2 Å². The van der Waals surface area contributed by atoms with Crippen LogP contribution in [0.2, 0.25) is 0 Å². The Kier molecular flexibility index (Phi) is 8.77. The van der Waals surface area contributed by atoms with E-state index >= 15 is 0 Å². The highest BCUT2D eigenvalue weighted by atomic mass is 32.1. The lowest BCUT2D eigenvalue weighted by molar-refractivity contribution is 0.0515. The molecule has 0 bridgehead atoms. The molecular formula is C29H42N6OS. The molecule has 5 rings (SSSR count). The van der Waals surface area contributed by atoms with E-state index in [-0.39, 0.29) is 5.41 Å². The van der Waals surface area contributed by atoms with Crippen LogP contribution in [0.4, 0.5) is 17.6 Å². The Morgan fingerprint density at radius 2 is 1.57 bits per heavy atom. The normalized spacial score (nSPS) is 20.8. The molecule has 4 heterocycles. The van der Waals surface area contributed by atoms with Gasteiger partial charge in [0.25, 0.3) is 0 Å². The minimum Gasteiger partial charge on any atom is -0.381 e. The van der Waals surface area contributed by atoms with Crippen molar-refractivity contribution in [2.45, 2.75) is 63.7 Å². The van der Waals surface area contributed by atoms with E-state index in [1.807, 2.05) is 0 Å². The maximum atomic E-state index is 5.78. The molecule has 2 aromatic rings. The molecule has 0 atom stereocenters. The number of aromatic nitrogens is 2. The molecule has 3 fully saturated rings. The summed E-state index contributed by atoms with van der Waals surface area (Å²) in [6.07, 6.45) is 9.39. The predicted octanol–water partition coefficient (Wildman–Crippen LogP) is 5.13. The summed E-state index contributed by atoms with van der Waals surface area (Å²) in [7, 11) is 0. The van der Waals surface area contributed by atoms with Crippen LogP contribution in [-0.4, -0.2) is 61.0 Å². The zero-order valence-corrected chi connectivity index (χ0v) is 23.1. The van der Waals surface area contributed by atoms with E-state index in [1.54, 1.807) is 0 Å². The van der Waals surface area contributed by atoms with Gasteiger partial charge >= 0.3 is 0 Å². The average Bonchev–Trinajstić information content (AvgIpc) is 3.23. The van der Waals surface area contributed by atoms with Crippen molar-refractivity contribution in [1.29, 1.82) is 0 Å². The smallest absolute Gasteiger partial charge is 0.232 e. The fourth-order valence-electron chi connectivity index (χ4n) is 5.86.